The number of carbonyl (C=O) groups excluding carboxylic acids is 2. The Hall–Kier alpha value is -3.43. The molecule has 0 bridgehead atoms. The van der Waals surface area contributed by atoms with Crippen LogP contribution in [0.3, 0.4) is 0 Å². The summed E-state index contributed by atoms with van der Waals surface area (Å²) < 4.78 is 45.9. The molecule has 0 spiro atoms. The molecule has 260 valence electrons. The Bertz CT molecular complexity index is 1440. The molecule has 0 unspecified atom stereocenters. The molecule has 47 heavy (non-hydrogen) atoms. The predicted octanol–water partition coefficient (Wildman–Crippen LogP) is 2.26. The van der Waals surface area contributed by atoms with Gasteiger partial charge in [0.05, 0.1) is 43.4 Å². The molecule has 2 aromatic rings. The van der Waals surface area contributed by atoms with Crippen molar-refractivity contribution in [1.29, 1.82) is 0 Å². The molecule has 0 radical (unpaired) electrons. The Morgan fingerprint density at radius 2 is 1.89 bits per heavy atom. The molecular weight excluding hydrogens is 628 g/mol. The van der Waals surface area contributed by atoms with Crippen LogP contribution in [0.2, 0.25) is 0 Å². The molecule has 2 aliphatic heterocycles. The number of carbonyl (C=O) groups is 2. The average molecular weight is 676 g/mol. The van der Waals surface area contributed by atoms with Crippen molar-refractivity contribution in [2.75, 3.05) is 52.3 Å². The minimum atomic E-state index is -4.18. The summed E-state index contributed by atoms with van der Waals surface area (Å²) in [4.78, 5) is 25.6. The van der Waals surface area contributed by atoms with Gasteiger partial charge < -0.3 is 44.8 Å². The lowest BCUT2D eigenvalue weighted by Crippen LogP contribution is -2.61. The fourth-order valence-electron chi connectivity index (χ4n) is 6.45. The van der Waals surface area contributed by atoms with Crippen LogP contribution in [0.5, 0.6) is 0 Å². The van der Waals surface area contributed by atoms with Crippen molar-refractivity contribution in [3.8, 4) is 0 Å². The van der Waals surface area contributed by atoms with E-state index in [1.165, 1.54) is 23.5 Å². The van der Waals surface area contributed by atoms with Gasteiger partial charge in [-0.15, -0.1) is 0 Å². The van der Waals surface area contributed by atoms with E-state index in [1.54, 1.807) is 19.2 Å². The van der Waals surface area contributed by atoms with Crippen molar-refractivity contribution in [2.45, 2.75) is 68.9 Å². The van der Waals surface area contributed by atoms with Crippen molar-refractivity contribution >= 4 is 27.9 Å². The number of ether oxygens (including phenoxy) is 3. The third-order valence-electron chi connectivity index (χ3n) is 8.91. The van der Waals surface area contributed by atoms with Gasteiger partial charge in [-0.3, -0.25) is 0 Å². The van der Waals surface area contributed by atoms with Crippen molar-refractivity contribution in [1.82, 2.24) is 14.5 Å². The lowest BCUT2D eigenvalue weighted by atomic mass is 9.87. The third-order valence-corrected chi connectivity index (χ3v) is 10.7. The largest absolute Gasteiger partial charge is 0.530 e. The highest BCUT2D eigenvalue weighted by molar-refractivity contribution is 7.89. The normalized spacial score (nSPS) is 20.8. The van der Waals surface area contributed by atoms with E-state index in [1.807, 2.05) is 44.2 Å². The van der Waals surface area contributed by atoms with Crippen molar-refractivity contribution < 1.29 is 42.4 Å². The predicted molar refractivity (Wildman–Crippen MR) is 173 cm³/mol. The molecule has 2 heterocycles. The molecule has 3 N–H and O–H groups in total. The topological polar surface area (TPSA) is 170 Å². The summed E-state index contributed by atoms with van der Waals surface area (Å²) >= 11 is 0. The molecule has 2 amide bonds. The van der Waals surface area contributed by atoms with Gasteiger partial charge in [-0.25, -0.2) is 13.2 Å². The molecule has 2 fully saturated rings. The van der Waals surface area contributed by atoms with E-state index in [4.69, 9.17) is 9.47 Å². The van der Waals surface area contributed by atoms with Gasteiger partial charge in [0, 0.05) is 38.3 Å². The summed E-state index contributed by atoms with van der Waals surface area (Å²) in [5, 5.41) is 30.4. The maximum absolute atomic E-state index is 14.3. The number of nitrogens with one attached hydrogen (secondary N) is 2. The number of nitrogens with zero attached hydrogens (tertiary/aromatic N) is 2. The lowest BCUT2D eigenvalue weighted by Gasteiger charge is -2.43. The number of amides is 2. The molecule has 0 aromatic heterocycles. The van der Waals surface area contributed by atoms with Crippen LogP contribution >= 0.6 is 0 Å². The van der Waals surface area contributed by atoms with E-state index in [-0.39, 0.29) is 36.9 Å². The summed E-state index contributed by atoms with van der Waals surface area (Å²) in [5.41, 5.74) is 0.775. The Balaban J connectivity index is 1.67. The number of aliphatic hydroxyl groups excluding tert-OH is 1. The van der Waals surface area contributed by atoms with Gasteiger partial charge in [0.2, 0.25) is 10.0 Å². The fourth-order valence-corrected chi connectivity index (χ4v) is 8.14. The van der Waals surface area contributed by atoms with Gasteiger partial charge in [-0.2, -0.15) is 4.31 Å². The summed E-state index contributed by atoms with van der Waals surface area (Å²) in [7, 11) is -1.21. The smallest absolute Gasteiger partial charge is 0.406 e. The Labute approximate surface area is 277 Å². The first-order chi connectivity index (χ1) is 22.4. The van der Waals surface area contributed by atoms with Crippen LogP contribution < -0.4 is 15.7 Å². The first-order valence-electron chi connectivity index (χ1n) is 15.9. The first kappa shape index (κ1) is 36.4. The van der Waals surface area contributed by atoms with Gasteiger partial charge >= 0.3 is 6.09 Å². The number of alkyl carbamates (subject to hydrolysis) is 1. The minimum absolute atomic E-state index is 0.0167. The number of anilines is 1. The van der Waals surface area contributed by atoms with Crippen LogP contribution in [-0.2, 0) is 30.7 Å². The number of aliphatic hydroxyl groups is 1. The first-order valence-corrected chi connectivity index (χ1v) is 17.3. The Morgan fingerprint density at radius 1 is 1.15 bits per heavy atom. The second-order valence-electron chi connectivity index (χ2n) is 12.9. The van der Waals surface area contributed by atoms with Crippen LogP contribution in [0.4, 0.5) is 15.3 Å². The lowest BCUT2D eigenvalue weighted by molar-refractivity contribution is -0.273. The second-order valence-corrected chi connectivity index (χ2v) is 14.8. The molecule has 5 atom stereocenters. The molecule has 13 nitrogen and oxygen atoms in total. The van der Waals surface area contributed by atoms with E-state index in [0.717, 1.165) is 10.5 Å². The van der Waals surface area contributed by atoms with Crippen molar-refractivity contribution in [3.63, 3.8) is 0 Å². The summed E-state index contributed by atoms with van der Waals surface area (Å²) in [6, 6.07) is 13.9. The molecule has 2 aliphatic rings. The molecule has 2 saturated heterocycles. The highest BCUT2D eigenvalue weighted by Gasteiger charge is 2.47. The van der Waals surface area contributed by atoms with E-state index >= 15 is 0 Å². The molecule has 0 saturated carbocycles. The monoisotopic (exact) mass is 675 g/mol. The highest BCUT2D eigenvalue weighted by Crippen LogP contribution is 2.36. The molecule has 14 heteroatoms. The van der Waals surface area contributed by atoms with Gasteiger partial charge in [0.1, 0.15) is 6.09 Å². The second kappa shape index (κ2) is 16.1. The van der Waals surface area contributed by atoms with Gasteiger partial charge in [-0.1, -0.05) is 50.2 Å². The zero-order valence-electron chi connectivity index (χ0n) is 27.5. The zero-order valence-corrected chi connectivity index (χ0v) is 28.3. The van der Waals surface area contributed by atoms with Crippen LogP contribution in [0.25, 0.3) is 0 Å². The summed E-state index contributed by atoms with van der Waals surface area (Å²) in [6.45, 7) is 4.31. The van der Waals surface area contributed by atoms with Crippen LogP contribution in [0.15, 0.2) is 59.5 Å². The van der Waals surface area contributed by atoms with Gasteiger partial charge in [0.15, 0.2) is 6.29 Å². The van der Waals surface area contributed by atoms with E-state index < -0.39 is 52.1 Å². The number of hydrogen-bond donors (Lipinski definition) is 3. The standard InChI is InChI=1S/C33H48N4O9S/c1-33(2,15-9-16-35-31(39)44-4)22-36(47(42,43)25-13-8-12-24(19-25)34-3)20-29(38)27(18-23-10-6-5-7-11-23)37(32(40)41)28-21-46-30-26(28)14-17-45-30/h5-8,10-13,19,26-30,34,38H,9,14-18,20-22H2,1-4H3,(H,35,39)(H,40,41)/p-1/t26-,27-,28-,29+,30+/m0/s1. The van der Waals surface area contributed by atoms with Crippen molar-refractivity contribution in [2.24, 2.45) is 11.3 Å². The quantitative estimate of drug-likeness (QED) is 0.224. The van der Waals surface area contributed by atoms with Crippen LogP contribution in [-0.4, -0.2) is 106 Å². The van der Waals surface area contributed by atoms with Gasteiger partial charge in [-0.05, 0) is 54.9 Å². The number of methoxy groups -OCH3 is 1. The Kier molecular flexibility index (Phi) is 12.5. The zero-order chi connectivity index (χ0) is 34.2. The number of hydrogen-bond acceptors (Lipinski definition) is 10. The average Bonchev–Trinajstić information content (AvgIpc) is 3.68. The fraction of sp³-hybridized carbons (Fsp3) is 0.576. The number of fused-ring (bicyclic) bond motifs is 1. The van der Waals surface area contributed by atoms with Crippen molar-refractivity contribution in [3.05, 3.63) is 60.2 Å². The molecule has 4 rings (SSSR count). The highest BCUT2D eigenvalue weighted by atomic mass is 32.2. The number of rotatable bonds is 16. The molecule has 2 aromatic carbocycles. The van der Waals surface area contributed by atoms with E-state index in [0.29, 0.717) is 38.1 Å². The number of sulfonamides is 1. The number of carboxylic acid groups (broad SMARTS) is 1. The maximum atomic E-state index is 14.3. The van der Waals surface area contributed by atoms with Gasteiger partial charge in [0.25, 0.3) is 0 Å². The van der Waals surface area contributed by atoms with Crippen LogP contribution in [0.1, 0.15) is 38.7 Å². The molecular formula is C33H47N4O9S-. The summed E-state index contributed by atoms with van der Waals surface area (Å²) in [5.74, 6) is -0.236. The summed E-state index contributed by atoms with van der Waals surface area (Å²) in [6.07, 6.45) is -2.20. The number of benzene rings is 2. The minimum Gasteiger partial charge on any atom is -0.530 e. The van der Waals surface area contributed by atoms with E-state index in [9.17, 15) is 28.2 Å². The van der Waals surface area contributed by atoms with Crippen LogP contribution in [0, 0.1) is 11.3 Å². The molecule has 0 aliphatic carbocycles. The van der Waals surface area contributed by atoms with E-state index in [2.05, 4.69) is 15.4 Å². The Morgan fingerprint density at radius 3 is 2.57 bits per heavy atom. The third kappa shape index (κ3) is 9.35. The maximum Gasteiger partial charge on any atom is 0.406 e. The SMILES string of the molecule is CNc1cccc(S(=O)(=O)N(C[C@@H](O)[C@H](Cc2ccccc2)N(C(=O)[O-])[C@H]2CO[C@H]3OCC[C@H]32)CC(C)(C)CCCNC(=O)OC)c1.